The molecule has 0 spiro atoms. The molecule has 1 rings (SSSR count). The molecule has 0 bridgehead atoms. The molecule has 0 aromatic rings. The first-order valence-electron chi connectivity index (χ1n) is 4.47. The van der Waals surface area contributed by atoms with Crippen LogP contribution >= 0.6 is 22.6 Å². The lowest BCUT2D eigenvalue weighted by Crippen LogP contribution is -2.53. The van der Waals surface area contributed by atoms with Gasteiger partial charge in [-0.05, 0) is 19.8 Å². The number of carbonyl (C=O) groups is 1. The van der Waals surface area contributed by atoms with Gasteiger partial charge in [-0.25, -0.2) is 0 Å². The van der Waals surface area contributed by atoms with E-state index < -0.39 is 0 Å². The van der Waals surface area contributed by atoms with Crippen LogP contribution in [0.2, 0.25) is 0 Å². The SMILES string of the molecule is CC(C)(CN1CC(CI)C1)OC=O. The Hall–Kier alpha value is 0.160. The lowest BCUT2D eigenvalue weighted by Gasteiger charge is -2.42. The molecular weight excluding hydrogens is 281 g/mol. The molecule has 0 atom stereocenters. The lowest BCUT2D eigenvalue weighted by atomic mass is 9.99. The Morgan fingerprint density at radius 1 is 1.62 bits per heavy atom. The number of nitrogens with zero attached hydrogens (tertiary/aromatic N) is 1. The average molecular weight is 297 g/mol. The zero-order valence-corrected chi connectivity index (χ0v) is 10.3. The van der Waals surface area contributed by atoms with Crippen LogP contribution in [0.15, 0.2) is 0 Å². The van der Waals surface area contributed by atoms with E-state index >= 15 is 0 Å². The van der Waals surface area contributed by atoms with Crippen molar-refractivity contribution in [1.29, 1.82) is 0 Å². The highest BCUT2D eigenvalue weighted by atomic mass is 127. The molecule has 0 saturated carbocycles. The van der Waals surface area contributed by atoms with Crippen LogP contribution in [0.1, 0.15) is 13.8 Å². The first kappa shape index (κ1) is 11.2. The average Bonchev–Trinajstić information content (AvgIpc) is 1.95. The van der Waals surface area contributed by atoms with Crippen LogP contribution in [0.4, 0.5) is 0 Å². The number of ether oxygens (including phenoxy) is 1. The molecule has 1 saturated heterocycles. The minimum absolute atomic E-state index is 0.335. The quantitative estimate of drug-likeness (QED) is 0.435. The largest absolute Gasteiger partial charge is 0.461 e. The van der Waals surface area contributed by atoms with Crippen LogP contribution < -0.4 is 0 Å². The van der Waals surface area contributed by atoms with E-state index in [4.69, 9.17) is 4.74 Å². The van der Waals surface area contributed by atoms with Crippen LogP contribution in [-0.4, -0.2) is 41.0 Å². The van der Waals surface area contributed by atoms with Gasteiger partial charge in [-0.1, -0.05) is 22.6 Å². The van der Waals surface area contributed by atoms with Crippen molar-refractivity contribution in [1.82, 2.24) is 4.90 Å². The van der Waals surface area contributed by atoms with Gasteiger partial charge >= 0.3 is 0 Å². The van der Waals surface area contributed by atoms with Crippen LogP contribution in [0.3, 0.4) is 0 Å². The van der Waals surface area contributed by atoms with Gasteiger partial charge in [0.2, 0.25) is 0 Å². The number of halogens is 1. The summed E-state index contributed by atoms with van der Waals surface area (Å²) in [5.74, 6) is 0.840. The molecule has 13 heavy (non-hydrogen) atoms. The topological polar surface area (TPSA) is 29.5 Å². The van der Waals surface area contributed by atoms with Crippen molar-refractivity contribution in [2.24, 2.45) is 5.92 Å². The second-order valence-corrected chi connectivity index (χ2v) is 5.07. The number of rotatable bonds is 5. The van der Waals surface area contributed by atoms with Crippen molar-refractivity contribution in [2.75, 3.05) is 24.1 Å². The summed E-state index contributed by atoms with van der Waals surface area (Å²) in [5.41, 5.74) is -0.335. The number of alkyl halides is 1. The molecule has 1 aliphatic heterocycles. The van der Waals surface area contributed by atoms with Crippen molar-refractivity contribution >= 4 is 29.1 Å². The predicted molar refractivity (Wildman–Crippen MR) is 60.0 cm³/mol. The fourth-order valence-electron chi connectivity index (χ4n) is 1.61. The third-order valence-corrected chi connectivity index (χ3v) is 3.47. The summed E-state index contributed by atoms with van der Waals surface area (Å²) in [6, 6.07) is 0. The molecule has 1 aliphatic rings. The zero-order chi connectivity index (χ0) is 9.90. The summed E-state index contributed by atoms with van der Waals surface area (Å²) in [7, 11) is 0. The van der Waals surface area contributed by atoms with E-state index in [2.05, 4.69) is 27.5 Å². The molecule has 3 nitrogen and oxygen atoms in total. The highest BCUT2D eigenvalue weighted by Gasteiger charge is 2.31. The van der Waals surface area contributed by atoms with Crippen LogP contribution in [0, 0.1) is 5.92 Å². The van der Waals surface area contributed by atoms with Crippen molar-refractivity contribution in [2.45, 2.75) is 19.4 Å². The molecule has 0 radical (unpaired) electrons. The molecule has 0 aromatic heterocycles. The van der Waals surface area contributed by atoms with Gasteiger partial charge in [0.25, 0.3) is 6.47 Å². The normalized spacial score (nSPS) is 19.6. The molecule has 0 aliphatic carbocycles. The standard InChI is InChI=1S/C9H16INO2/c1-9(2,13-7-12)6-11-4-8(3-10)5-11/h7-8H,3-6H2,1-2H3. The maximum atomic E-state index is 10.2. The Labute approximate surface area is 92.9 Å². The Morgan fingerprint density at radius 3 is 2.69 bits per heavy atom. The maximum Gasteiger partial charge on any atom is 0.293 e. The van der Waals surface area contributed by atoms with Crippen LogP contribution in [0.25, 0.3) is 0 Å². The Morgan fingerprint density at radius 2 is 2.23 bits per heavy atom. The molecule has 0 aromatic carbocycles. The highest BCUT2D eigenvalue weighted by molar-refractivity contribution is 14.1. The van der Waals surface area contributed by atoms with Gasteiger partial charge in [0.05, 0.1) is 0 Å². The Balaban J connectivity index is 2.22. The van der Waals surface area contributed by atoms with Gasteiger partial charge in [0.1, 0.15) is 5.60 Å². The molecule has 1 heterocycles. The molecule has 0 amide bonds. The summed E-state index contributed by atoms with van der Waals surface area (Å²) < 4.78 is 6.21. The fraction of sp³-hybridized carbons (Fsp3) is 0.889. The van der Waals surface area contributed by atoms with Gasteiger partial charge in [0, 0.05) is 24.1 Å². The van der Waals surface area contributed by atoms with Gasteiger partial charge < -0.3 is 4.74 Å². The summed E-state index contributed by atoms with van der Waals surface area (Å²) in [6.45, 7) is 7.56. The summed E-state index contributed by atoms with van der Waals surface area (Å²) in [5, 5.41) is 0. The molecule has 76 valence electrons. The molecule has 0 N–H and O–H groups in total. The molecule has 4 heteroatoms. The van der Waals surface area contributed by atoms with Gasteiger partial charge in [-0.15, -0.1) is 0 Å². The maximum absolute atomic E-state index is 10.2. The second kappa shape index (κ2) is 4.59. The molecule has 1 fully saturated rings. The highest BCUT2D eigenvalue weighted by Crippen LogP contribution is 2.21. The minimum Gasteiger partial charge on any atom is -0.461 e. The number of likely N-dealkylation sites (tertiary alicyclic amines) is 1. The monoisotopic (exact) mass is 297 g/mol. The second-order valence-electron chi connectivity index (χ2n) is 4.19. The van der Waals surface area contributed by atoms with Crippen molar-refractivity contribution < 1.29 is 9.53 Å². The zero-order valence-electron chi connectivity index (χ0n) is 8.12. The van der Waals surface area contributed by atoms with E-state index in [1.165, 1.54) is 4.43 Å². The smallest absolute Gasteiger partial charge is 0.293 e. The van der Waals surface area contributed by atoms with E-state index in [-0.39, 0.29) is 5.60 Å². The summed E-state index contributed by atoms with van der Waals surface area (Å²) >= 11 is 2.41. The molecular formula is C9H16INO2. The summed E-state index contributed by atoms with van der Waals surface area (Å²) in [4.78, 5) is 12.5. The van der Waals surface area contributed by atoms with Crippen molar-refractivity contribution in [3.8, 4) is 0 Å². The van der Waals surface area contributed by atoms with E-state index in [1.54, 1.807) is 0 Å². The number of hydrogen-bond acceptors (Lipinski definition) is 3. The van der Waals surface area contributed by atoms with E-state index in [0.29, 0.717) is 6.47 Å². The van der Waals surface area contributed by atoms with E-state index in [9.17, 15) is 4.79 Å². The first-order chi connectivity index (χ1) is 6.07. The van der Waals surface area contributed by atoms with Crippen molar-refractivity contribution in [3.63, 3.8) is 0 Å². The third-order valence-electron chi connectivity index (χ3n) is 2.22. The van der Waals surface area contributed by atoms with Gasteiger partial charge in [-0.3, -0.25) is 9.69 Å². The molecule has 0 unspecified atom stereocenters. The van der Waals surface area contributed by atoms with Crippen molar-refractivity contribution in [3.05, 3.63) is 0 Å². The van der Waals surface area contributed by atoms with Crippen LogP contribution in [0.5, 0.6) is 0 Å². The summed E-state index contributed by atoms with van der Waals surface area (Å²) in [6.07, 6.45) is 0. The van der Waals surface area contributed by atoms with Crippen LogP contribution in [-0.2, 0) is 9.53 Å². The fourth-order valence-corrected chi connectivity index (χ4v) is 2.17. The van der Waals surface area contributed by atoms with Gasteiger partial charge in [-0.2, -0.15) is 0 Å². The number of carbonyl (C=O) groups excluding carboxylic acids is 1. The third kappa shape index (κ3) is 3.42. The lowest BCUT2D eigenvalue weighted by molar-refractivity contribution is -0.143. The Kier molecular flexibility index (Phi) is 3.97. The van der Waals surface area contributed by atoms with E-state index in [0.717, 1.165) is 25.6 Å². The minimum atomic E-state index is -0.335. The number of hydrogen-bond donors (Lipinski definition) is 0. The first-order valence-corrected chi connectivity index (χ1v) is 6.00. The van der Waals surface area contributed by atoms with Gasteiger partial charge in [0.15, 0.2) is 0 Å². The van der Waals surface area contributed by atoms with E-state index in [1.807, 2.05) is 13.8 Å². The Bertz CT molecular complexity index is 178. The predicted octanol–water partition coefficient (Wildman–Crippen LogP) is 1.30.